The minimum absolute atomic E-state index is 0.0503. The Labute approximate surface area is 155 Å². The number of rotatable bonds is 5. The zero-order valence-electron chi connectivity index (χ0n) is 15.5. The van der Waals surface area contributed by atoms with Gasteiger partial charge in [0.25, 0.3) is 0 Å². The lowest BCUT2D eigenvalue weighted by molar-refractivity contribution is 0.366. The number of hydrogen-bond donors (Lipinski definition) is 1. The SMILES string of the molecule is CCCC1CCCCc2c1oc(=O)c(C(c1ccccc1)C1CC1)c2O. The van der Waals surface area contributed by atoms with Gasteiger partial charge in [0.1, 0.15) is 11.5 Å². The standard InChI is InChI=1S/C23H28O3/c1-2-8-17-11-6-7-12-18-21(24)20(23(25)26-22(17)18)19(16-13-14-16)15-9-4-3-5-10-15/h3-5,9-10,16-17,19,24H,2,6-8,11-14H2,1H3. The molecule has 4 rings (SSSR count). The summed E-state index contributed by atoms with van der Waals surface area (Å²) in [7, 11) is 0. The molecular formula is C23H28O3. The van der Waals surface area contributed by atoms with E-state index < -0.39 is 0 Å². The molecule has 1 saturated carbocycles. The fraction of sp³-hybridized carbons (Fsp3) is 0.522. The molecule has 1 N–H and O–H groups in total. The molecule has 2 unspecified atom stereocenters. The Bertz CT molecular complexity index is 817. The second-order valence-corrected chi connectivity index (χ2v) is 7.95. The maximum absolute atomic E-state index is 13.0. The van der Waals surface area contributed by atoms with Crippen LogP contribution in [-0.2, 0) is 6.42 Å². The molecule has 1 heterocycles. The zero-order chi connectivity index (χ0) is 18.1. The van der Waals surface area contributed by atoms with E-state index in [1.165, 1.54) is 0 Å². The van der Waals surface area contributed by atoms with Crippen LogP contribution < -0.4 is 5.63 Å². The molecule has 2 aliphatic rings. The third kappa shape index (κ3) is 3.20. The molecule has 138 valence electrons. The van der Waals surface area contributed by atoms with Gasteiger partial charge in [-0.1, -0.05) is 50.1 Å². The lowest BCUT2D eigenvalue weighted by Crippen LogP contribution is -2.19. The van der Waals surface area contributed by atoms with Crippen molar-refractivity contribution in [1.29, 1.82) is 0 Å². The Morgan fingerprint density at radius 2 is 1.92 bits per heavy atom. The average Bonchev–Trinajstić information content (AvgIpc) is 3.48. The average molecular weight is 352 g/mol. The van der Waals surface area contributed by atoms with E-state index in [1.54, 1.807) is 0 Å². The topological polar surface area (TPSA) is 50.4 Å². The third-order valence-electron chi connectivity index (χ3n) is 6.06. The number of benzene rings is 1. The highest BCUT2D eigenvalue weighted by atomic mass is 16.4. The van der Waals surface area contributed by atoms with Gasteiger partial charge in [-0.2, -0.15) is 0 Å². The fourth-order valence-corrected chi connectivity index (χ4v) is 4.65. The summed E-state index contributed by atoms with van der Waals surface area (Å²) in [5.74, 6) is 1.63. The van der Waals surface area contributed by atoms with Crippen molar-refractivity contribution in [2.45, 2.75) is 70.1 Å². The summed E-state index contributed by atoms with van der Waals surface area (Å²) < 4.78 is 5.92. The van der Waals surface area contributed by atoms with Crippen molar-refractivity contribution in [3.05, 3.63) is 63.2 Å². The van der Waals surface area contributed by atoms with Crippen molar-refractivity contribution in [3.63, 3.8) is 0 Å². The summed E-state index contributed by atoms with van der Waals surface area (Å²) in [6.07, 6.45) is 8.32. The van der Waals surface area contributed by atoms with E-state index in [0.29, 0.717) is 11.5 Å². The van der Waals surface area contributed by atoms with E-state index in [4.69, 9.17) is 4.42 Å². The van der Waals surface area contributed by atoms with Crippen LogP contribution in [0.3, 0.4) is 0 Å². The highest BCUT2D eigenvalue weighted by Crippen LogP contribution is 2.49. The minimum atomic E-state index is -0.329. The Morgan fingerprint density at radius 1 is 1.15 bits per heavy atom. The summed E-state index contributed by atoms with van der Waals surface area (Å²) in [4.78, 5) is 13.0. The van der Waals surface area contributed by atoms with Gasteiger partial charge in [0.15, 0.2) is 0 Å². The van der Waals surface area contributed by atoms with Crippen molar-refractivity contribution in [2.24, 2.45) is 5.92 Å². The molecule has 3 heteroatoms. The molecule has 0 radical (unpaired) electrons. The molecule has 2 atom stereocenters. The van der Waals surface area contributed by atoms with Crippen molar-refractivity contribution < 1.29 is 9.52 Å². The number of fused-ring (bicyclic) bond motifs is 1. The second kappa shape index (κ2) is 7.30. The Kier molecular flexibility index (Phi) is 4.88. The van der Waals surface area contributed by atoms with E-state index in [2.05, 4.69) is 19.1 Å². The first kappa shape index (κ1) is 17.4. The fourth-order valence-electron chi connectivity index (χ4n) is 4.65. The van der Waals surface area contributed by atoms with Crippen molar-refractivity contribution in [3.8, 4) is 5.75 Å². The van der Waals surface area contributed by atoms with E-state index in [0.717, 1.165) is 68.3 Å². The predicted molar refractivity (Wildman–Crippen MR) is 103 cm³/mol. The third-order valence-corrected chi connectivity index (χ3v) is 6.06. The first-order valence-electron chi connectivity index (χ1n) is 10.1. The molecule has 1 aromatic heterocycles. The van der Waals surface area contributed by atoms with Crippen LogP contribution in [0.2, 0.25) is 0 Å². The van der Waals surface area contributed by atoms with Gasteiger partial charge in [0.2, 0.25) is 0 Å². The van der Waals surface area contributed by atoms with Gasteiger partial charge in [0, 0.05) is 17.4 Å². The van der Waals surface area contributed by atoms with Gasteiger partial charge >= 0.3 is 5.63 Å². The normalized spacial score (nSPS) is 21.0. The Morgan fingerprint density at radius 3 is 2.62 bits per heavy atom. The second-order valence-electron chi connectivity index (χ2n) is 7.95. The first-order valence-corrected chi connectivity index (χ1v) is 10.1. The molecule has 0 aliphatic heterocycles. The van der Waals surface area contributed by atoms with Gasteiger partial charge in [0.05, 0.1) is 5.56 Å². The van der Waals surface area contributed by atoms with Crippen LogP contribution in [0.15, 0.2) is 39.5 Å². The van der Waals surface area contributed by atoms with E-state index >= 15 is 0 Å². The zero-order valence-corrected chi connectivity index (χ0v) is 15.5. The van der Waals surface area contributed by atoms with Gasteiger partial charge in [-0.3, -0.25) is 0 Å². The molecule has 0 spiro atoms. The number of aromatic hydroxyl groups is 1. The van der Waals surface area contributed by atoms with E-state index in [1.807, 2.05) is 18.2 Å². The summed E-state index contributed by atoms with van der Waals surface area (Å²) in [6, 6.07) is 10.1. The highest BCUT2D eigenvalue weighted by molar-refractivity contribution is 5.47. The molecule has 2 aliphatic carbocycles. The summed E-state index contributed by atoms with van der Waals surface area (Å²) in [6.45, 7) is 2.16. The highest BCUT2D eigenvalue weighted by Gasteiger charge is 2.39. The molecule has 3 nitrogen and oxygen atoms in total. The molecule has 0 saturated heterocycles. The summed E-state index contributed by atoms with van der Waals surface area (Å²) in [5.41, 5.74) is 2.17. The van der Waals surface area contributed by atoms with Crippen LogP contribution in [0.5, 0.6) is 5.75 Å². The maximum atomic E-state index is 13.0. The van der Waals surface area contributed by atoms with E-state index in [9.17, 15) is 9.90 Å². The molecule has 0 amide bonds. The summed E-state index contributed by atoms with van der Waals surface area (Å²) >= 11 is 0. The number of hydrogen-bond acceptors (Lipinski definition) is 3. The lowest BCUT2D eigenvalue weighted by atomic mass is 9.85. The van der Waals surface area contributed by atoms with E-state index in [-0.39, 0.29) is 23.2 Å². The maximum Gasteiger partial charge on any atom is 0.343 e. The van der Waals surface area contributed by atoms with Crippen molar-refractivity contribution in [1.82, 2.24) is 0 Å². The lowest BCUT2D eigenvalue weighted by Gasteiger charge is -2.21. The summed E-state index contributed by atoms with van der Waals surface area (Å²) in [5, 5.41) is 11.2. The van der Waals surface area contributed by atoms with Crippen LogP contribution in [0.4, 0.5) is 0 Å². The van der Waals surface area contributed by atoms with Gasteiger partial charge in [-0.05, 0) is 50.0 Å². The van der Waals surface area contributed by atoms with Crippen molar-refractivity contribution >= 4 is 0 Å². The quantitative estimate of drug-likeness (QED) is 0.723. The first-order chi connectivity index (χ1) is 12.7. The van der Waals surface area contributed by atoms with Gasteiger partial charge < -0.3 is 9.52 Å². The molecule has 26 heavy (non-hydrogen) atoms. The Hall–Kier alpha value is -2.03. The largest absolute Gasteiger partial charge is 0.507 e. The van der Waals surface area contributed by atoms with Crippen LogP contribution in [0, 0.1) is 5.92 Å². The molecular weight excluding hydrogens is 324 g/mol. The predicted octanol–water partition coefficient (Wildman–Crippen LogP) is 5.50. The van der Waals surface area contributed by atoms with Gasteiger partial charge in [-0.15, -0.1) is 0 Å². The smallest absolute Gasteiger partial charge is 0.343 e. The van der Waals surface area contributed by atoms with Crippen LogP contribution >= 0.6 is 0 Å². The minimum Gasteiger partial charge on any atom is -0.507 e. The molecule has 2 aromatic rings. The van der Waals surface area contributed by atoms with Crippen molar-refractivity contribution in [2.75, 3.05) is 0 Å². The van der Waals surface area contributed by atoms with Crippen LogP contribution in [0.25, 0.3) is 0 Å². The van der Waals surface area contributed by atoms with Gasteiger partial charge in [-0.25, -0.2) is 4.79 Å². The molecule has 0 bridgehead atoms. The van der Waals surface area contributed by atoms with Crippen LogP contribution in [-0.4, -0.2) is 5.11 Å². The molecule has 1 fully saturated rings. The molecule has 1 aromatic carbocycles. The monoisotopic (exact) mass is 352 g/mol. The van der Waals surface area contributed by atoms with Crippen LogP contribution in [0.1, 0.15) is 86.2 Å². The Balaban J connectivity index is 1.85.